The van der Waals surface area contributed by atoms with Crippen molar-refractivity contribution in [3.8, 4) is 0 Å². The highest BCUT2D eigenvalue weighted by Crippen LogP contribution is 2.09. The predicted octanol–water partition coefficient (Wildman–Crippen LogP) is 2.11. The third-order valence-electron chi connectivity index (χ3n) is 3.01. The number of rotatable bonds is 6. The smallest absolute Gasteiger partial charge is 0.224 e. The van der Waals surface area contributed by atoms with E-state index in [1.54, 1.807) is 11.3 Å². The molecule has 0 radical (unpaired) electrons. The number of carbonyl (C=O) groups is 1. The SMILES string of the molecule is NCc1ccccc1CC(=O)NCCc1ccsc1. The number of nitrogens with one attached hydrogen (secondary N) is 1. The minimum Gasteiger partial charge on any atom is -0.355 e. The molecule has 0 aliphatic carbocycles. The average Bonchev–Trinajstić information content (AvgIpc) is 2.92. The summed E-state index contributed by atoms with van der Waals surface area (Å²) in [5, 5.41) is 7.10. The second-order valence-electron chi connectivity index (χ2n) is 4.38. The lowest BCUT2D eigenvalue weighted by atomic mass is 10.0. The van der Waals surface area contributed by atoms with Crippen LogP contribution in [0, 0.1) is 0 Å². The molecule has 2 rings (SSSR count). The van der Waals surface area contributed by atoms with Gasteiger partial charge in [-0.15, -0.1) is 0 Å². The standard InChI is InChI=1S/C15H18N2OS/c16-10-14-4-2-1-3-13(14)9-15(18)17-7-5-12-6-8-19-11-12/h1-4,6,8,11H,5,7,9-10,16H2,(H,17,18). The molecule has 1 aromatic heterocycles. The first-order chi connectivity index (χ1) is 9.29. The fraction of sp³-hybridized carbons (Fsp3) is 0.267. The van der Waals surface area contributed by atoms with Crippen molar-refractivity contribution < 1.29 is 4.79 Å². The number of thiophene rings is 1. The van der Waals surface area contributed by atoms with Crippen LogP contribution in [0.3, 0.4) is 0 Å². The molecule has 1 amide bonds. The average molecular weight is 274 g/mol. The van der Waals surface area contributed by atoms with Crippen molar-refractivity contribution in [3.05, 3.63) is 57.8 Å². The van der Waals surface area contributed by atoms with Gasteiger partial charge in [0.1, 0.15) is 0 Å². The van der Waals surface area contributed by atoms with Crippen molar-refractivity contribution >= 4 is 17.2 Å². The maximum absolute atomic E-state index is 11.9. The van der Waals surface area contributed by atoms with Gasteiger partial charge in [-0.1, -0.05) is 24.3 Å². The molecule has 4 heteroatoms. The molecule has 1 heterocycles. The molecule has 0 unspecified atom stereocenters. The zero-order valence-corrected chi connectivity index (χ0v) is 11.6. The van der Waals surface area contributed by atoms with Crippen LogP contribution in [0.5, 0.6) is 0 Å². The Balaban J connectivity index is 1.80. The number of nitrogens with two attached hydrogens (primary N) is 1. The first-order valence-electron chi connectivity index (χ1n) is 6.34. The quantitative estimate of drug-likeness (QED) is 0.847. The molecule has 0 spiro atoms. The van der Waals surface area contributed by atoms with Crippen LogP contribution in [0.4, 0.5) is 0 Å². The van der Waals surface area contributed by atoms with Gasteiger partial charge in [-0.3, -0.25) is 4.79 Å². The Hall–Kier alpha value is -1.65. The molecule has 2 aromatic rings. The molecule has 0 fully saturated rings. The van der Waals surface area contributed by atoms with E-state index in [4.69, 9.17) is 5.73 Å². The van der Waals surface area contributed by atoms with Gasteiger partial charge in [0.15, 0.2) is 0 Å². The Bertz CT molecular complexity index is 523. The summed E-state index contributed by atoms with van der Waals surface area (Å²) in [5.41, 5.74) is 8.98. The Morgan fingerprint density at radius 2 is 2.00 bits per heavy atom. The van der Waals surface area contributed by atoms with Crippen molar-refractivity contribution in [2.75, 3.05) is 6.54 Å². The van der Waals surface area contributed by atoms with Gasteiger partial charge in [0.25, 0.3) is 0 Å². The van der Waals surface area contributed by atoms with Crippen LogP contribution in [0.2, 0.25) is 0 Å². The van der Waals surface area contributed by atoms with Gasteiger partial charge in [-0.05, 0) is 39.9 Å². The van der Waals surface area contributed by atoms with Crippen LogP contribution in [-0.2, 0) is 24.2 Å². The van der Waals surface area contributed by atoms with Crippen molar-refractivity contribution in [1.29, 1.82) is 0 Å². The number of carbonyl (C=O) groups excluding carboxylic acids is 1. The van der Waals surface area contributed by atoms with Crippen molar-refractivity contribution in [1.82, 2.24) is 5.32 Å². The molecule has 0 bridgehead atoms. The second kappa shape index (κ2) is 7.07. The number of benzene rings is 1. The highest BCUT2D eigenvalue weighted by Gasteiger charge is 2.06. The lowest BCUT2D eigenvalue weighted by molar-refractivity contribution is -0.120. The van der Waals surface area contributed by atoms with Gasteiger partial charge in [0.2, 0.25) is 5.91 Å². The molecule has 0 aliphatic rings. The van der Waals surface area contributed by atoms with Crippen molar-refractivity contribution in [2.45, 2.75) is 19.4 Å². The van der Waals surface area contributed by atoms with Crippen LogP contribution in [0.15, 0.2) is 41.1 Å². The summed E-state index contributed by atoms with van der Waals surface area (Å²) in [7, 11) is 0. The zero-order chi connectivity index (χ0) is 13.5. The van der Waals surface area contributed by atoms with E-state index in [0.29, 0.717) is 19.5 Å². The molecule has 3 N–H and O–H groups in total. The summed E-state index contributed by atoms with van der Waals surface area (Å²) in [6.07, 6.45) is 1.28. The molecule has 19 heavy (non-hydrogen) atoms. The van der Waals surface area contributed by atoms with Crippen LogP contribution in [0.25, 0.3) is 0 Å². The van der Waals surface area contributed by atoms with E-state index in [-0.39, 0.29) is 5.91 Å². The minimum atomic E-state index is 0.0520. The predicted molar refractivity (Wildman–Crippen MR) is 79.1 cm³/mol. The van der Waals surface area contributed by atoms with E-state index in [0.717, 1.165) is 17.5 Å². The maximum Gasteiger partial charge on any atom is 0.224 e. The van der Waals surface area contributed by atoms with Gasteiger partial charge < -0.3 is 11.1 Å². The van der Waals surface area contributed by atoms with E-state index >= 15 is 0 Å². The van der Waals surface area contributed by atoms with Gasteiger partial charge in [0.05, 0.1) is 6.42 Å². The van der Waals surface area contributed by atoms with Gasteiger partial charge >= 0.3 is 0 Å². The second-order valence-corrected chi connectivity index (χ2v) is 5.16. The van der Waals surface area contributed by atoms with Crippen LogP contribution < -0.4 is 11.1 Å². The van der Waals surface area contributed by atoms with E-state index in [1.165, 1.54) is 5.56 Å². The third-order valence-corrected chi connectivity index (χ3v) is 3.74. The van der Waals surface area contributed by atoms with E-state index in [9.17, 15) is 4.79 Å². The Kier molecular flexibility index (Phi) is 5.12. The fourth-order valence-electron chi connectivity index (χ4n) is 1.95. The highest BCUT2D eigenvalue weighted by molar-refractivity contribution is 7.07. The van der Waals surface area contributed by atoms with E-state index in [1.807, 2.05) is 24.3 Å². The number of hydrogen-bond donors (Lipinski definition) is 2. The molecular formula is C15H18N2OS. The summed E-state index contributed by atoms with van der Waals surface area (Å²) >= 11 is 1.68. The Morgan fingerprint density at radius 1 is 1.21 bits per heavy atom. The summed E-state index contributed by atoms with van der Waals surface area (Å²) in [6, 6.07) is 9.89. The lowest BCUT2D eigenvalue weighted by Crippen LogP contribution is -2.27. The molecule has 0 atom stereocenters. The third kappa shape index (κ3) is 4.19. The first-order valence-corrected chi connectivity index (χ1v) is 7.28. The van der Waals surface area contributed by atoms with Crippen LogP contribution in [-0.4, -0.2) is 12.5 Å². The molecule has 100 valence electrons. The molecule has 0 saturated heterocycles. The number of amides is 1. The lowest BCUT2D eigenvalue weighted by Gasteiger charge is -2.08. The monoisotopic (exact) mass is 274 g/mol. The van der Waals surface area contributed by atoms with Crippen molar-refractivity contribution in [3.63, 3.8) is 0 Å². The fourth-order valence-corrected chi connectivity index (χ4v) is 2.65. The zero-order valence-electron chi connectivity index (χ0n) is 10.8. The van der Waals surface area contributed by atoms with Crippen molar-refractivity contribution in [2.24, 2.45) is 5.73 Å². The molecule has 1 aromatic carbocycles. The molecule has 0 aliphatic heterocycles. The molecule has 0 saturated carbocycles. The number of hydrogen-bond acceptors (Lipinski definition) is 3. The normalized spacial score (nSPS) is 10.4. The summed E-state index contributed by atoms with van der Waals surface area (Å²) < 4.78 is 0. The summed E-state index contributed by atoms with van der Waals surface area (Å²) in [5.74, 6) is 0.0520. The van der Waals surface area contributed by atoms with E-state index in [2.05, 4.69) is 22.1 Å². The maximum atomic E-state index is 11.9. The van der Waals surface area contributed by atoms with Gasteiger partial charge in [-0.2, -0.15) is 11.3 Å². The Morgan fingerprint density at radius 3 is 2.68 bits per heavy atom. The van der Waals surface area contributed by atoms with Gasteiger partial charge in [-0.25, -0.2) is 0 Å². The minimum absolute atomic E-state index is 0.0520. The molecular weight excluding hydrogens is 256 g/mol. The van der Waals surface area contributed by atoms with Crippen LogP contribution >= 0.6 is 11.3 Å². The van der Waals surface area contributed by atoms with Crippen LogP contribution in [0.1, 0.15) is 16.7 Å². The Labute approximate surface area is 117 Å². The highest BCUT2D eigenvalue weighted by atomic mass is 32.1. The first kappa shape index (κ1) is 13.8. The largest absolute Gasteiger partial charge is 0.355 e. The summed E-state index contributed by atoms with van der Waals surface area (Å²) in [4.78, 5) is 11.9. The topological polar surface area (TPSA) is 55.1 Å². The molecule has 3 nitrogen and oxygen atoms in total. The van der Waals surface area contributed by atoms with Gasteiger partial charge in [0, 0.05) is 13.1 Å². The van der Waals surface area contributed by atoms with E-state index < -0.39 is 0 Å². The summed E-state index contributed by atoms with van der Waals surface area (Å²) in [6.45, 7) is 1.15.